The first-order valence-electron chi connectivity index (χ1n) is 8.75. The lowest BCUT2D eigenvalue weighted by Crippen LogP contribution is -2.29. The topological polar surface area (TPSA) is 109 Å². The Morgan fingerprint density at radius 1 is 0.893 bits per heavy atom. The predicted molar refractivity (Wildman–Crippen MR) is 109 cm³/mol. The highest BCUT2D eigenvalue weighted by atomic mass is 32.2. The number of pyridine rings is 1. The Kier molecular flexibility index (Phi) is 6.17. The molecule has 0 saturated carbocycles. The lowest BCUT2D eigenvalue weighted by molar-refractivity contribution is 0.582. The maximum Gasteiger partial charge on any atom is 0.240 e. The smallest absolute Gasteiger partial charge is 0.240 e. The van der Waals surface area contributed by atoms with Gasteiger partial charge in [-0.1, -0.05) is 18.2 Å². The molecule has 0 bridgehead atoms. The lowest BCUT2D eigenvalue weighted by Gasteiger charge is -2.11. The standard InChI is InChI=1S/C19H22N6O2S/c1-14-6-7-15(2)16(11-14)28(26,27)24-10-9-21-18-12-19(23-13-22-18)25-17-5-3-4-8-20-17/h3-8,11-13,24H,9-10H2,1-2H3,(H2,20,21,22,23,25). The van der Waals surface area contributed by atoms with Crippen molar-refractivity contribution in [3.8, 4) is 0 Å². The number of aryl methyl sites for hydroxylation is 2. The summed E-state index contributed by atoms with van der Waals surface area (Å²) in [4.78, 5) is 12.8. The summed E-state index contributed by atoms with van der Waals surface area (Å²) in [5.41, 5.74) is 1.62. The van der Waals surface area contributed by atoms with Crippen molar-refractivity contribution in [2.45, 2.75) is 18.7 Å². The molecule has 0 unspecified atom stereocenters. The molecule has 28 heavy (non-hydrogen) atoms. The molecule has 1 aromatic carbocycles. The molecule has 0 aliphatic heterocycles. The molecule has 0 aliphatic rings. The van der Waals surface area contributed by atoms with Crippen LogP contribution in [0.1, 0.15) is 11.1 Å². The first-order chi connectivity index (χ1) is 13.4. The van der Waals surface area contributed by atoms with E-state index in [9.17, 15) is 8.42 Å². The highest BCUT2D eigenvalue weighted by molar-refractivity contribution is 7.89. The second-order valence-electron chi connectivity index (χ2n) is 6.22. The number of benzene rings is 1. The molecule has 0 spiro atoms. The molecule has 0 aliphatic carbocycles. The van der Waals surface area contributed by atoms with Gasteiger partial charge in [0.15, 0.2) is 0 Å². The molecule has 9 heteroatoms. The Labute approximate surface area is 164 Å². The van der Waals surface area contributed by atoms with Crippen molar-refractivity contribution in [2.24, 2.45) is 0 Å². The van der Waals surface area contributed by atoms with Crippen molar-refractivity contribution in [1.29, 1.82) is 0 Å². The van der Waals surface area contributed by atoms with Crippen LogP contribution < -0.4 is 15.4 Å². The van der Waals surface area contributed by atoms with E-state index in [0.29, 0.717) is 34.5 Å². The van der Waals surface area contributed by atoms with Crippen LogP contribution in [0.2, 0.25) is 0 Å². The van der Waals surface area contributed by atoms with E-state index in [4.69, 9.17) is 0 Å². The van der Waals surface area contributed by atoms with Crippen LogP contribution in [0, 0.1) is 13.8 Å². The minimum absolute atomic E-state index is 0.225. The van der Waals surface area contributed by atoms with Crippen molar-refractivity contribution in [1.82, 2.24) is 19.7 Å². The fourth-order valence-electron chi connectivity index (χ4n) is 2.54. The summed E-state index contributed by atoms with van der Waals surface area (Å²) in [7, 11) is -3.56. The quantitative estimate of drug-likeness (QED) is 0.501. The van der Waals surface area contributed by atoms with Crippen LogP contribution in [-0.2, 0) is 10.0 Å². The number of hydrogen-bond acceptors (Lipinski definition) is 7. The number of nitrogens with zero attached hydrogens (tertiary/aromatic N) is 3. The summed E-state index contributed by atoms with van der Waals surface area (Å²) < 4.78 is 27.6. The van der Waals surface area contributed by atoms with Gasteiger partial charge in [-0.05, 0) is 43.2 Å². The molecular weight excluding hydrogens is 376 g/mol. The van der Waals surface area contributed by atoms with Crippen molar-refractivity contribution in [2.75, 3.05) is 23.7 Å². The summed E-state index contributed by atoms with van der Waals surface area (Å²) in [6, 6.07) is 12.6. The van der Waals surface area contributed by atoms with Gasteiger partial charge in [-0.15, -0.1) is 0 Å². The molecule has 3 rings (SSSR count). The van der Waals surface area contributed by atoms with Crippen LogP contribution in [0.5, 0.6) is 0 Å². The Morgan fingerprint density at radius 3 is 2.50 bits per heavy atom. The minimum Gasteiger partial charge on any atom is -0.369 e. The van der Waals surface area contributed by atoms with Crippen molar-refractivity contribution >= 4 is 27.5 Å². The zero-order valence-corrected chi connectivity index (χ0v) is 16.5. The molecule has 146 valence electrons. The lowest BCUT2D eigenvalue weighted by atomic mass is 10.2. The average molecular weight is 398 g/mol. The highest BCUT2D eigenvalue weighted by Gasteiger charge is 2.16. The van der Waals surface area contributed by atoms with E-state index < -0.39 is 10.0 Å². The maximum atomic E-state index is 12.5. The summed E-state index contributed by atoms with van der Waals surface area (Å²) >= 11 is 0. The summed E-state index contributed by atoms with van der Waals surface area (Å²) in [5.74, 6) is 1.85. The normalized spacial score (nSPS) is 11.2. The highest BCUT2D eigenvalue weighted by Crippen LogP contribution is 2.16. The van der Waals surface area contributed by atoms with E-state index >= 15 is 0 Å². The van der Waals surface area contributed by atoms with E-state index in [1.807, 2.05) is 31.2 Å². The van der Waals surface area contributed by atoms with Gasteiger partial charge in [0, 0.05) is 25.4 Å². The van der Waals surface area contributed by atoms with Gasteiger partial charge in [0.05, 0.1) is 4.90 Å². The largest absolute Gasteiger partial charge is 0.369 e. The number of nitrogens with one attached hydrogen (secondary N) is 3. The molecule has 3 aromatic rings. The Balaban J connectivity index is 1.55. The van der Waals surface area contributed by atoms with Crippen LogP contribution in [0.4, 0.5) is 17.5 Å². The third-order valence-electron chi connectivity index (χ3n) is 3.94. The second-order valence-corrected chi connectivity index (χ2v) is 7.96. The SMILES string of the molecule is Cc1ccc(C)c(S(=O)(=O)NCCNc2cc(Nc3ccccn3)ncn2)c1. The summed E-state index contributed by atoms with van der Waals surface area (Å²) in [5, 5.41) is 6.16. The van der Waals surface area contributed by atoms with Crippen molar-refractivity contribution in [3.05, 3.63) is 66.1 Å². The van der Waals surface area contributed by atoms with E-state index in [-0.39, 0.29) is 6.54 Å². The number of rotatable bonds is 8. The fraction of sp³-hybridized carbons (Fsp3) is 0.211. The molecule has 0 saturated heterocycles. The summed E-state index contributed by atoms with van der Waals surface area (Å²) in [6.45, 7) is 4.25. The first kappa shape index (κ1) is 19.7. The van der Waals surface area contributed by atoms with E-state index in [2.05, 4.69) is 30.3 Å². The van der Waals surface area contributed by atoms with Crippen molar-refractivity contribution < 1.29 is 8.42 Å². The maximum absolute atomic E-state index is 12.5. The van der Waals surface area contributed by atoms with E-state index in [1.54, 1.807) is 31.3 Å². The molecule has 3 N–H and O–H groups in total. The van der Waals surface area contributed by atoms with Gasteiger partial charge in [0.2, 0.25) is 10.0 Å². The predicted octanol–water partition coefficient (Wildman–Crippen LogP) is 2.62. The van der Waals surface area contributed by atoms with Gasteiger partial charge in [-0.3, -0.25) is 0 Å². The van der Waals surface area contributed by atoms with Gasteiger partial charge in [0.25, 0.3) is 0 Å². The van der Waals surface area contributed by atoms with Crippen LogP contribution in [0.3, 0.4) is 0 Å². The molecule has 0 atom stereocenters. The summed E-state index contributed by atoms with van der Waals surface area (Å²) in [6.07, 6.45) is 3.11. The van der Waals surface area contributed by atoms with Gasteiger partial charge in [0.1, 0.15) is 23.8 Å². The zero-order chi connectivity index (χ0) is 20.0. The van der Waals surface area contributed by atoms with Gasteiger partial charge < -0.3 is 10.6 Å². The third kappa shape index (κ3) is 5.24. The zero-order valence-electron chi connectivity index (χ0n) is 15.7. The van der Waals surface area contributed by atoms with Crippen LogP contribution in [0.15, 0.2) is 59.9 Å². The molecule has 2 heterocycles. The number of aromatic nitrogens is 3. The second kappa shape index (κ2) is 8.77. The van der Waals surface area contributed by atoms with Crippen LogP contribution >= 0.6 is 0 Å². The Morgan fingerprint density at radius 2 is 1.71 bits per heavy atom. The Bertz CT molecular complexity index is 1040. The number of sulfonamides is 1. The minimum atomic E-state index is -3.56. The molecule has 0 fully saturated rings. The van der Waals surface area contributed by atoms with Gasteiger partial charge in [-0.25, -0.2) is 28.1 Å². The van der Waals surface area contributed by atoms with Crippen LogP contribution in [-0.4, -0.2) is 36.5 Å². The Hall–Kier alpha value is -3.04. The molecule has 0 amide bonds. The van der Waals surface area contributed by atoms with Gasteiger partial charge in [-0.2, -0.15) is 0 Å². The number of anilines is 3. The van der Waals surface area contributed by atoms with E-state index in [0.717, 1.165) is 5.56 Å². The van der Waals surface area contributed by atoms with Crippen LogP contribution in [0.25, 0.3) is 0 Å². The monoisotopic (exact) mass is 398 g/mol. The molecular formula is C19H22N6O2S. The van der Waals surface area contributed by atoms with Gasteiger partial charge >= 0.3 is 0 Å². The fourth-order valence-corrected chi connectivity index (χ4v) is 3.90. The molecule has 0 radical (unpaired) electrons. The van der Waals surface area contributed by atoms with E-state index in [1.165, 1.54) is 6.33 Å². The molecule has 8 nitrogen and oxygen atoms in total. The van der Waals surface area contributed by atoms with Crippen molar-refractivity contribution in [3.63, 3.8) is 0 Å². The number of hydrogen-bond donors (Lipinski definition) is 3. The molecule has 2 aromatic heterocycles. The first-order valence-corrected chi connectivity index (χ1v) is 10.2. The average Bonchev–Trinajstić information content (AvgIpc) is 2.68. The third-order valence-corrected chi connectivity index (χ3v) is 5.55.